The maximum atomic E-state index is 5.01. The summed E-state index contributed by atoms with van der Waals surface area (Å²) in [6, 6.07) is 8.83. The van der Waals surface area contributed by atoms with Crippen LogP contribution in [0.1, 0.15) is 25.3 Å². The SMILES string of the molecule is CCc1cccc2ccn(CCCCNCCOC)c12. The Kier molecular flexibility index (Phi) is 6.09. The highest BCUT2D eigenvalue weighted by molar-refractivity contribution is 5.83. The van der Waals surface area contributed by atoms with Gasteiger partial charge in [0.15, 0.2) is 0 Å². The van der Waals surface area contributed by atoms with Crippen LogP contribution in [0.25, 0.3) is 10.9 Å². The van der Waals surface area contributed by atoms with Gasteiger partial charge in [-0.05, 0) is 42.8 Å². The van der Waals surface area contributed by atoms with Gasteiger partial charge in [-0.25, -0.2) is 0 Å². The maximum absolute atomic E-state index is 5.01. The Morgan fingerprint density at radius 1 is 1.15 bits per heavy atom. The van der Waals surface area contributed by atoms with Gasteiger partial charge in [-0.1, -0.05) is 25.1 Å². The summed E-state index contributed by atoms with van der Waals surface area (Å²) in [6.45, 7) is 6.15. The number of ether oxygens (including phenoxy) is 1. The van der Waals surface area contributed by atoms with E-state index in [4.69, 9.17) is 4.74 Å². The second kappa shape index (κ2) is 8.08. The third-order valence-electron chi connectivity index (χ3n) is 3.74. The number of unbranched alkanes of at least 4 members (excludes halogenated alkanes) is 1. The summed E-state index contributed by atoms with van der Waals surface area (Å²) < 4.78 is 7.42. The number of aromatic nitrogens is 1. The lowest BCUT2D eigenvalue weighted by Gasteiger charge is -2.09. The average molecular weight is 274 g/mol. The Bertz CT molecular complexity index is 519. The standard InChI is InChI=1S/C17H26N2O/c1-3-15-7-6-8-16-9-13-19(17(15)16)12-5-4-10-18-11-14-20-2/h6-9,13,18H,3-5,10-12,14H2,1-2H3. The van der Waals surface area contributed by atoms with Crippen LogP contribution in [0.2, 0.25) is 0 Å². The molecule has 3 heteroatoms. The Morgan fingerprint density at radius 3 is 2.85 bits per heavy atom. The molecule has 0 fully saturated rings. The molecule has 0 aliphatic rings. The molecule has 0 bridgehead atoms. The van der Waals surface area contributed by atoms with E-state index in [1.165, 1.54) is 29.3 Å². The summed E-state index contributed by atoms with van der Waals surface area (Å²) >= 11 is 0. The first kappa shape index (κ1) is 15.1. The van der Waals surface area contributed by atoms with Crippen molar-refractivity contribution in [1.82, 2.24) is 9.88 Å². The van der Waals surface area contributed by atoms with E-state index in [0.717, 1.165) is 32.7 Å². The lowest BCUT2D eigenvalue weighted by atomic mass is 10.1. The molecule has 2 rings (SSSR count). The van der Waals surface area contributed by atoms with Crippen molar-refractivity contribution in [2.45, 2.75) is 32.7 Å². The third kappa shape index (κ3) is 3.84. The number of nitrogens with one attached hydrogen (secondary N) is 1. The number of benzene rings is 1. The van der Waals surface area contributed by atoms with E-state index in [2.05, 4.69) is 47.3 Å². The van der Waals surface area contributed by atoms with Gasteiger partial charge in [-0.3, -0.25) is 0 Å². The van der Waals surface area contributed by atoms with Crippen molar-refractivity contribution in [3.05, 3.63) is 36.0 Å². The second-order valence-electron chi connectivity index (χ2n) is 5.17. The minimum Gasteiger partial charge on any atom is -0.383 e. The van der Waals surface area contributed by atoms with Crippen molar-refractivity contribution in [1.29, 1.82) is 0 Å². The first-order valence-corrected chi connectivity index (χ1v) is 7.63. The maximum Gasteiger partial charge on any atom is 0.0587 e. The zero-order valence-electron chi connectivity index (χ0n) is 12.7. The predicted molar refractivity (Wildman–Crippen MR) is 85.3 cm³/mol. The molecule has 0 saturated heterocycles. The van der Waals surface area contributed by atoms with Crippen LogP contribution in [0.5, 0.6) is 0 Å². The van der Waals surface area contributed by atoms with Crippen molar-refractivity contribution in [2.75, 3.05) is 26.8 Å². The van der Waals surface area contributed by atoms with Crippen molar-refractivity contribution in [2.24, 2.45) is 0 Å². The number of para-hydroxylation sites is 1. The smallest absolute Gasteiger partial charge is 0.0587 e. The molecule has 1 aromatic carbocycles. The summed E-state index contributed by atoms with van der Waals surface area (Å²) in [7, 11) is 1.74. The molecule has 0 saturated carbocycles. The van der Waals surface area contributed by atoms with Crippen molar-refractivity contribution in [3.8, 4) is 0 Å². The number of aryl methyl sites for hydroxylation is 2. The fraction of sp³-hybridized carbons (Fsp3) is 0.529. The predicted octanol–water partition coefficient (Wildman–Crippen LogP) is 3.22. The molecule has 20 heavy (non-hydrogen) atoms. The van der Waals surface area contributed by atoms with E-state index in [-0.39, 0.29) is 0 Å². The third-order valence-corrected chi connectivity index (χ3v) is 3.74. The Labute approximate surface area is 121 Å². The summed E-state index contributed by atoms with van der Waals surface area (Å²) in [4.78, 5) is 0. The Morgan fingerprint density at radius 2 is 2.05 bits per heavy atom. The molecule has 110 valence electrons. The highest BCUT2D eigenvalue weighted by Gasteiger charge is 2.04. The first-order chi connectivity index (χ1) is 9.86. The number of methoxy groups -OCH3 is 1. The number of fused-ring (bicyclic) bond motifs is 1. The zero-order chi connectivity index (χ0) is 14.2. The number of hydrogen-bond donors (Lipinski definition) is 1. The van der Waals surface area contributed by atoms with E-state index in [0.29, 0.717) is 0 Å². The van der Waals surface area contributed by atoms with E-state index in [1.807, 2.05) is 0 Å². The summed E-state index contributed by atoms with van der Waals surface area (Å²) in [5.74, 6) is 0. The highest BCUT2D eigenvalue weighted by Crippen LogP contribution is 2.21. The van der Waals surface area contributed by atoms with Crippen molar-refractivity contribution < 1.29 is 4.74 Å². The number of nitrogens with zero attached hydrogens (tertiary/aromatic N) is 1. The lowest BCUT2D eigenvalue weighted by molar-refractivity contribution is 0.199. The van der Waals surface area contributed by atoms with Crippen LogP contribution in [-0.4, -0.2) is 31.4 Å². The van der Waals surface area contributed by atoms with E-state index < -0.39 is 0 Å². The van der Waals surface area contributed by atoms with Gasteiger partial charge in [-0.15, -0.1) is 0 Å². The van der Waals surface area contributed by atoms with Crippen LogP contribution in [0.3, 0.4) is 0 Å². The van der Waals surface area contributed by atoms with Crippen LogP contribution < -0.4 is 5.32 Å². The molecule has 1 aromatic heterocycles. The minimum absolute atomic E-state index is 0.794. The molecule has 0 spiro atoms. The molecular weight excluding hydrogens is 248 g/mol. The van der Waals surface area contributed by atoms with Crippen molar-refractivity contribution >= 4 is 10.9 Å². The topological polar surface area (TPSA) is 26.2 Å². The lowest BCUT2D eigenvalue weighted by Crippen LogP contribution is -2.20. The van der Waals surface area contributed by atoms with Crippen LogP contribution in [0.4, 0.5) is 0 Å². The quantitative estimate of drug-likeness (QED) is 0.711. The van der Waals surface area contributed by atoms with Gasteiger partial charge in [0.25, 0.3) is 0 Å². The van der Waals surface area contributed by atoms with E-state index in [1.54, 1.807) is 7.11 Å². The molecule has 2 aromatic rings. The van der Waals surface area contributed by atoms with Crippen LogP contribution in [0, 0.1) is 0 Å². The molecule has 0 aliphatic heterocycles. The molecule has 1 heterocycles. The molecule has 0 aliphatic carbocycles. The molecule has 0 radical (unpaired) electrons. The average Bonchev–Trinajstić information content (AvgIpc) is 2.89. The number of rotatable bonds is 9. The van der Waals surface area contributed by atoms with Crippen molar-refractivity contribution in [3.63, 3.8) is 0 Å². The number of hydrogen-bond acceptors (Lipinski definition) is 2. The molecular formula is C17H26N2O. The summed E-state index contributed by atoms with van der Waals surface area (Å²) in [5.41, 5.74) is 2.87. The fourth-order valence-corrected chi connectivity index (χ4v) is 2.64. The fourth-order valence-electron chi connectivity index (χ4n) is 2.64. The Hall–Kier alpha value is -1.32. The van der Waals surface area contributed by atoms with Crippen LogP contribution in [-0.2, 0) is 17.7 Å². The van der Waals surface area contributed by atoms with E-state index in [9.17, 15) is 0 Å². The van der Waals surface area contributed by atoms with Gasteiger partial charge in [0.2, 0.25) is 0 Å². The molecule has 0 amide bonds. The first-order valence-electron chi connectivity index (χ1n) is 7.63. The van der Waals surface area contributed by atoms with Crippen LogP contribution >= 0.6 is 0 Å². The molecule has 1 N–H and O–H groups in total. The van der Waals surface area contributed by atoms with Gasteiger partial charge in [-0.2, -0.15) is 0 Å². The Balaban J connectivity index is 1.84. The van der Waals surface area contributed by atoms with Gasteiger partial charge in [0, 0.05) is 26.4 Å². The molecule has 3 nitrogen and oxygen atoms in total. The molecule has 0 unspecified atom stereocenters. The highest BCUT2D eigenvalue weighted by atomic mass is 16.5. The summed E-state index contributed by atoms with van der Waals surface area (Å²) in [6.07, 6.45) is 5.74. The second-order valence-corrected chi connectivity index (χ2v) is 5.17. The van der Waals surface area contributed by atoms with Gasteiger partial charge >= 0.3 is 0 Å². The monoisotopic (exact) mass is 274 g/mol. The normalized spacial score (nSPS) is 11.3. The van der Waals surface area contributed by atoms with Gasteiger partial charge in [0.05, 0.1) is 12.1 Å². The summed E-state index contributed by atoms with van der Waals surface area (Å²) in [5, 5.41) is 4.76. The van der Waals surface area contributed by atoms with E-state index >= 15 is 0 Å². The largest absolute Gasteiger partial charge is 0.383 e. The van der Waals surface area contributed by atoms with Gasteiger partial charge in [0.1, 0.15) is 0 Å². The van der Waals surface area contributed by atoms with Gasteiger partial charge < -0.3 is 14.6 Å². The zero-order valence-corrected chi connectivity index (χ0v) is 12.7. The molecule has 0 atom stereocenters. The minimum atomic E-state index is 0.794. The van der Waals surface area contributed by atoms with Crippen LogP contribution in [0.15, 0.2) is 30.5 Å².